The van der Waals surface area contributed by atoms with Crippen molar-refractivity contribution in [2.45, 2.75) is 18.9 Å². The van der Waals surface area contributed by atoms with Crippen molar-refractivity contribution in [1.82, 2.24) is 14.8 Å². The molecule has 8 heteroatoms. The molecule has 1 fully saturated rings. The average Bonchev–Trinajstić information content (AvgIpc) is 2.68. The number of likely N-dealkylation sites (tertiary alicyclic amines) is 1. The number of piperidine rings is 1. The monoisotopic (exact) mass is 428 g/mol. The van der Waals surface area contributed by atoms with E-state index in [1.165, 1.54) is 11.1 Å². The number of pyridine rings is 1. The highest BCUT2D eigenvalue weighted by molar-refractivity contribution is 9.10. The van der Waals surface area contributed by atoms with E-state index >= 15 is 0 Å². The maximum absolute atomic E-state index is 12.8. The summed E-state index contributed by atoms with van der Waals surface area (Å²) < 4.78 is 0.746. The zero-order valence-electron chi connectivity index (χ0n) is 14.4. The minimum atomic E-state index is -0.507. The highest BCUT2D eigenvalue weighted by Crippen LogP contribution is 2.26. The topological polar surface area (TPSA) is 82.9 Å². The van der Waals surface area contributed by atoms with Crippen LogP contribution in [-0.4, -0.2) is 57.5 Å². The number of urea groups is 1. The van der Waals surface area contributed by atoms with E-state index in [0.29, 0.717) is 37.2 Å². The number of carbonyl (C=O) groups excluding carboxylic acids is 3. The minimum absolute atomic E-state index is 0.0980. The number of aliphatic imine (C=N–C) groups is 1. The van der Waals surface area contributed by atoms with Gasteiger partial charge in [0, 0.05) is 36.0 Å². The standard InChI is InChI=1S/C19H17BrN4O3/c20-13-9-12(10-21-11-13)17(25)23-7-5-14(6-8-23)24-18(26)15-3-1-2-4-16(15)22-19(24)27/h1-4,9-11,14-15H,5-8H2. The van der Waals surface area contributed by atoms with Crippen LogP contribution in [0.5, 0.6) is 0 Å². The maximum Gasteiger partial charge on any atom is 0.350 e. The lowest BCUT2D eigenvalue weighted by atomic mass is 9.93. The zero-order valence-corrected chi connectivity index (χ0v) is 16.0. The molecule has 27 heavy (non-hydrogen) atoms. The fourth-order valence-corrected chi connectivity index (χ4v) is 4.00. The quantitative estimate of drug-likeness (QED) is 0.724. The fraction of sp³-hybridized carbons (Fsp3) is 0.316. The predicted octanol–water partition coefficient (Wildman–Crippen LogP) is 2.59. The van der Waals surface area contributed by atoms with Gasteiger partial charge in [-0.15, -0.1) is 0 Å². The Kier molecular flexibility index (Phi) is 4.73. The van der Waals surface area contributed by atoms with Gasteiger partial charge in [0.2, 0.25) is 5.91 Å². The molecule has 4 amide bonds. The van der Waals surface area contributed by atoms with E-state index in [9.17, 15) is 14.4 Å². The molecule has 0 bridgehead atoms. The molecule has 1 aliphatic carbocycles. The Morgan fingerprint density at radius 3 is 2.67 bits per heavy atom. The third-order valence-electron chi connectivity index (χ3n) is 5.00. The summed E-state index contributed by atoms with van der Waals surface area (Å²) in [5, 5.41) is 0. The summed E-state index contributed by atoms with van der Waals surface area (Å²) in [6, 6.07) is 0.990. The van der Waals surface area contributed by atoms with Crippen LogP contribution in [0.15, 0.2) is 52.2 Å². The highest BCUT2D eigenvalue weighted by Gasteiger charge is 2.41. The van der Waals surface area contributed by atoms with Gasteiger partial charge in [0.25, 0.3) is 5.91 Å². The SMILES string of the molecule is O=C(c1cncc(Br)c1)N1CCC(N2C(=O)N=C3C=CC=CC3C2=O)CC1. The van der Waals surface area contributed by atoms with Crippen molar-refractivity contribution < 1.29 is 14.4 Å². The molecule has 0 radical (unpaired) electrons. The van der Waals surface area contributed by atoms with Crippen molar-refractivity contribution in [2.75, 3.05) is 13.1 Å². The molecule has 3 aliphatic rings. The van der Waals surface area contributed by atoms with Gasteiger partial charge in [-0.3, -0.25) is 19.5 Å². The number of hydrogen-bond acceptors (Lipinski definition) is 4. The third kappa shape index (κ3) is 3.37. The molecule has 4 rings (SSSR count). The molecule has 7 nitrogen and oxygen atoms in total. The van der Waals surface area contributed by atoms with Crippen molar-refractivity contribution >= 4 is 39.5 Å². The van der Waals surface area contributed by atoms with E-state index in [1.807, 2.05) is 0 Å². The highest BCUT2D eigenvalue weighted by atomic mass is 79.9. The molecule has 1 aromatic rings. The van der Waals surface area contributed by atoms with E-state index in [-0.39, 0.29) is 17.9 Å². The van der Waals surface area contributed by atoms with Crippen molar-refractivity contribution in [2.24, 2.45) is 10.9 Å². The van der Waals surface area contributed by atoms with Crippen LogP contribution in [0.4, 0.5) is 4.79 Å². The summed E-state index contributed by atoms with van der Waals surface area (Å²) in [5.41, 5.74) is 1.01. The normalized spacial score (nSPS) is 22.7. The lowest BCUT2D eigenvalue weighted by Gasteiger charge is -2.39. The van der Waals surface area contributed by atoms with E-state index < -0.39 is 11.9 Å². The number of nitrogens with zero attached hydrogens (tertiary/aromatic N) is 4. The Labute approximate surface area is 164 Å². The number of hydrogen-bond donors (Lipinski definition) is 0. The Bertz CT molecular complexity index is 900. The molecule has 1 saturated heterocycles. The molecular weight excluding hydrogens is 412 g/mol. The molecule has 0 spiro atoms. The average molecular weight is 429 g/mol. The lowest BCUT2D eigenvalue weighted by Crippen LogP contribution is -2.54. The van der Waals surface area contributed by atoms with Gasteiger partial charge in [-0.05, 0) is 40.9 Å². The van der Waals surface area contributed by atoms with Crippen LogP contribution in [0.25, 0.3) is 0 Å². The second-order valence-corrected chi connectivity index (χ2v) is 7.58. The molecule has 1 aromatic heterocycles. The Hall–Kier alpha value is -2.61. The molecule has 138 valence electrons. The number of amides is 4. The van der Waals surface area contributed by atoms with Crippen LogP contribution >= 0.6 is 15.9 Å². The number of fused-ring (bicyclic) bond motifs is 1. The fourth-order valence-electron chi connectivity index (χ4n) is 3.63. The van der Waals surface area contributed by atoms with Crippen molar-refractivity contribution in [3.8, 4) is 0 Å². The van der Waals surface area contributed by atoms with Crippen LogP contribution in [0.2, 0.25) is 0 Å². The van der Waals surface area contributed by atoms with Gasteiger partial charge >= 0.3 is 6.03 Å². The van der Waals surface area contributed by atoms with Crippen LogP contribution in [0, 0.1) is 5.92 Å². The number of aromatic nitrogens is 1. The third-order valence-corrected chi connectivity index (χ3v) is 5.44. The zero-order chi connectivity index (χ0) is 19.0. The largest absolute Gasteiger partial charge is 0.350 e. The Balaban J connectivity index is 1.45. The van der Waals surface area contributed by atoms with Gasteiger partial charge in [0.05, 0.1) is 17.2 Å². The lowest BCUT2D eigenvalue weighted by molar-refractivity contribution is -0.131. The van der Waals surface area contributed by atoms with E-state index in [1.54, 1.807) is 41.5 Å². The van der Waals surface area contributed by atoms with Gasteiger partial charge in [-0.1, -0.05) is 18.2 Å². The number of halogens is 1. The first-order valence-electron chi connectivity index (χ1n) is 8.75. The number of imide groups is 1. The van der Waals surface area contributed by atoms with E-state index in [4.69, 9.17) is 0 Å². The molecule has 0 saturated carbocycles. The summed E-state index contributed by atoms with van der Waals surface area (Å²) in [7, 11) is 0. The molecule has 0 aromatic carbocycles. The first-order valence-corrected chi connectivity index (χ1v) is 9.54. The van der Waals surface area contributed by atoms with Crippen LogP contribution in [-0.2, 0) is 4.79 Å². The van der Waals surface area contributed by atoms with Crippen molar-refractivity contribution in [3.05, 3.63) is 52.8 Å². The van der Waals surface area contributed by atoms with Gasteiger partial charge in [0.1, 0.15) is 0 Å². The number of carbonyl (C=O) groups is 3. The molecule has 0 N–H and O–H groups in total. The maximum atomic E-state index is 12.8. The van der Waals surface area contributed by atoms with Crippen molar-refractivity contribution in [1.29, 1.82) is 0 Å². The second kappa shape index (κ2) is 7.19. The Morgan fingerprint density at radius 1 is 1.15 bits per heavy atom. The minimum Gasteiger partial charge on any atom is -0.338 e. The van der Waals surface area contributed by atoms with E-state index in [0.717, 1.165) is 4.47 Å². The van der Waals surface area contributed by atoms with Gasteiger partial charge in [-0.25, -0.2) is 4.79 Å². The second-order valence-electron chi connectivity index (χ2n) is 6.66. The molecule has 1 unspecified atom stereocenters. The van der Waals surface area contributed by atoms with Crippen LogP contribution in [0.3, 0.4) is 0 Å². The van der Waals surface area contributed by atoms with Crippen LogP contribution in [0.1, 0.15) is 23.2 Å². The summed E-state index contributed by atoms with van der Waals surface area (Å²) in [5.74, 6) is -0.814. The summed E-state index contributed by atoms with van der Waals surface area (Å²) >= 11 is 3.32. The van der Waals surface area contributed by atoms with Crippen LogP contribution < -0.4 is 0 Å². The summed E-state index contributed by atoms with van der Waals surface area (Å²) in [6.45, 7) is 0.952. The first kappa shape index (κ1) is 17.8. The molecular formula is C19H17BrN4O3. The molecule has 2 aliphatic heterocycles. The smallest absolute Gasteiger partial charge is 0.338 e. The number of allylic oxidation sites excluding steroid dienone is 3. The Morgan fingerprint density at radius 2 is 1.93 bits per heavy atom. The van der Waals surface area contributed by atoms with Gasteiger partial charge < -0.3 is 4.90 Å². The van der Waals surface area contributed by atoms with Gasteiger partial charge in [-0.2, -0.15) is 4.99 Å². The predicted molar refractivity (Wildman–Crippen MR) is 102 cm³/mol. The van der Waals surface area contributed by atoms with Crippen molar-refractivity contribution in [3.63, 3.8) is 0 Å². The summed E-state index contributed by atoms with van der Waals surface area (Å²) in [6.07, 6.45) is 11.3. The van der Waals surface area contributed by atoms with E-state index in [2.05, 4.69) is 25.9 Å². The first-order chi connectivity index (χ1) is 13.0. The number of rotatable bonds is 2. The summed E-state index contributed by atoms with van der Waals surface area (Å²) in [4.78, 5) is 48.9. The molecule has 1 atom stereocenters. The van der Waals surface area contributed by atoms with Gasteiger partial charge in [0.15, 0.2) is 0 Å². The molecule has 3 heterocycles.